The Balaban J connectivity index is 1.87. The van der Waals surface area contributed by atoms with Gasteiger partial charge in [-0.3, -0.25) is 4.79 Å². The van der Waals surface area contributed by atoms with Crippen molar-refractivity contribution in [3.05, 3.63) is 29.3 Å². The summed E-state index contributed by atoms with van der Waals surface area (Å²) in [6.07, 6.45) is 2.26. The van der Waals surface area contributed by atoms with Crippen molar-refractivity contribution in [3.63, 3.8) is 0 Å². The Hall–Kier alpha value is -0.670. The molecule has 0 aliphatic heterocycles. The highest BCUT2D eigenvalue weighted by molar-refractivity contribution is 8.00. The van der Waals surface area contributed by atoms with Crippen molar-refractivity contribution in [2.24, 2.45) is 0 Å². The minimum absolute atomic E-state index is 0.0539. The lowest BCUT2D eigenvalue weighted by Crippen LogP contribution is -2.32. The van der Waals surface area contributed by atoms with E-state index in [4.69, 9.17) is 11.6 Å². The van der Waals surface area contributed by atoms with Gasteiger partial charge in [-0.25, -0.2) is 0 Å². The number of carbonyl (C=O) groups excluding carboxylic acids is 1. The maximum atomic E-state index is 11.7. The summed E-state index contributed by atoms with van der Waals surface area (Å²) in [5, 5.41) is 3.67. The Labute approximate surface area is 105 Å². The highest BCUT2D eigenvalue weighted by Gasteiger charge is 2.25. The predicted molar refractivity (Wildman–Crippen MR) is 67.9 cm³/mol. The van der Waals surface area contributed by atoms with Crippen LogP contribution in [0.4, 0.5) is 0 Å². The quantitative estimate of drug-likeness (QED) is 0.838. The maximum absolute atomic E-state index is 11.7. The average molecular weight is 256 g/mol. The fraction of sp³-hybridized carbons (Fsp3) is 0.417. The van der Waals surface area contributed by atoms with Crippen LogP contribution in [0, 0.1) is 0 Å². The third-order valence-corrected chi connectivity index (χ3v) is 3.78. The number of thioether (sulfide) groups is 1. The third-order valence-electron chi connectivity index (χ3n) is 2.42. The molecule has 1 N–H and O–H groups in total. The van der Waals surface area contributed by atoms with Gasteiger partial charge in [0.25, 0.3) is 0 Å². The van der Waals surface area contributed by atoms with E-state index < -0.39 is 0 Å². The molecule has 1 atom stereocenters. The van der Waals surface area contributed by atoms with E-state index in [0.717, 1.165) is 22.8 Å². The first kappa shape index (κ1) is 11.8. The van der Waals surface area contributed by atoms with E-state index >= 15 is 0 Å². The zero-order chi connectivity index (χ0) is 11.5. The Kier molecular flexibility index (Phi) is 3.77. The minimum atomic E-state index is -0.0539. The van der Waals surface area contributed by atoms with Crippen LogP contribution in [0.25, 0.3) is 0 Å². The van der Waals surface area contributed by atoms with Gasteiger partial charge in [-0.15, -0.1) is 11.8 Å². The molecule has 2 nitrogen and oxygen atoms in total. The largest absolute Gasteiger partial charge is 0.352 e. The molecule has 4 heteroatoms. The number of carbonyl (C=O) groups is 1. The summed E-state index contributed by atoms with van der Waals surface area (Å²) in [5.41, 5.74) is 0. The van der Waals surface area contributed by atoms with Gasteiger partial charge in [0.05, 0.1) is 5.25 Å². The van der Waals surface area contributed by atoms with Gasteiger partial charge in [0.2, 0.25) is 5.91 Å². The summed E-state index contributed by atoms with van der Waals surface area (Å²) < 4.78 is 0. The number of amides is 1. The van der Waals surface area contributed by atoms with Crippen LogP contribution in [0.1, 0.15) is 19.8 Å². The molecular weight excluding hydrogens is 242 g/mol. The Bertz CT molecular complexity index is 375. The van der Waals surface area contributed by atoms with E-state index in [1.807, 2.05) is 31.2 Å². The SMILES string of the molecule is CC(Sc1ccc(Cl)cc1)C(=O)NC1CC1. The number of nitrogens with one attached hydrogen (secondary N) is 1. The van der Waals surface area contributed by atoms with Gasteiger partial charge in [0.1, 0.15) is 0 Å². The molecule has 0 aromatic heterocycles. The molecule has 1 unspecified atom stereocenters. The number of hydrogen-bond donors (Lipinski definition) is 1. The normalized spacial score (nSPS) is 16.9. The molecule has 0 saturated heterocycles. The number of hydrogen-bond acceptors (Lipinski definition) is 2. The molecule has 1 aliphatic carbocycles. The van der Waals surface area contributed by atoms with E-state index in [2.05, 4.69) is 5.32 Å². The highest BCUT2D eigenvalue weighted by atomic mass is 35.5. The first-order valence-corrected chi connectivity index (χ1v) is 6.63. The summed E-state index contributed by atoms with van der Waals surface area (Å²) in [6.45, 7) is 1.93. The van der Waals surface area contributed by atoms with Gasteiger partial charge in [-0.05, 0) is 44.0 Å². The summed E-state index contributed by atoms with van der Waals surface area (Å²) >= 11 is 7.36. The smallest absolute Gasteiger partial charge is 0.233 e. The van der Waals surface area contributed by atoms with Crippen molar-refractivity contribution in [1.82, 2.24) is 5.32 Å². The second-order valence-electron chi connectivity index (χ2n) is 4.00. The Morgan fingerprint density at radius 1 is 1.44 bits per heavy atom. The zero-order valence-electron chi connectivity index (χ0n) is 9.07. The summed E-state index contributed by atoms with van der Waals surface area (Å²) in [5.74, 6) is 0.127. The molecule has 1 aliphatic rings. The molecule has 0 heterocycles. The lowest BCUT2D eigenvalue weighted by molar-refractivity contribution is -0.120. The van der Waals surface area contributed by atoms with Crippen molar-refractivity contribution >= 4 is 29.3 Å². The molecule has 1 aromatic carbocycles. The molecule has 86 valence electrons. The topological polar surface area (TPSA) is 29.1 Å². The standard InChI is InChI=1S/C12H14ClNOS/c1-8(12(15)14-10-4-5-10)16-11-6-2-9(13)3-7-11/h2-3,6-8,10H,4-5H2,1H3,(H,14,15). The molecule has 1 fully saturated rings. The second-order valence-corrected chi connectivity index (χ2v) is 5.85. The van der Waals surface area contributed by atoms with Gasteiger partial charge < -0.3 is 5.32 Å². The van der Waals surface area contributed by atoms with Crippen LogP contribution in [-0.4, -0.2) is 17.2 Å². The van der Waals surface area contributed by atoms with Gasteiger partial charge in [-0.1, -0.05) is 11.6 Å². The van der Waals surface area contributed by atoms with Crippen LogP contribution in [0.5, 0.6) is 0 Å². The van der Waals surface area contributed by atoms with Crippen LogP contribution < -0.4 is 5.32 Å². The van der Waals surface area contributed by atoms with Gasteiger partial charge >= 0.3 is 0 Å². The van der Waals surface area contributed by atoms with Crippen LogP contribution in [0.3, 0.4) is 0 Å². The first-order valence-electron chi connectivity index (χ1n) is 5.38. The van der Waals surface area contributed by atoms with E-state index in [-0.39, 0.29) is 11.2 Å². The maximum Gasteiger partial charge on any atom is 0.233 e. The molecule has 0 radical (unpaired) electrons. The van der Waals surface area contributed by atoms with Gasteiger partial charge in [0, 0.05) is 16.0 Å². The number of halogens is 1. The minimum Gasteiger partial charge on any atom is -0.352 e. The lowest BCUT2D eigenvalue weighted by atomic mass is 10.4. The number of benzene rings is 1. The van der Waals surface area contributed by atoms with Crippen molar-refractivity contribution < 1.29 is 4.79 Å². The van der Waals surface area contributed by atoms with Crippen molar-refractivity contribution in [2.75, 3.05) is 0 Å². The Morgan fingerprint density at radius 3 is 2.62 bits per heavy atom. The van der Waals surface area contributed by atoms with Crippen molar-refractivity contribution in [1.29, 1.82) is 0 Å². The van der Waals surface area contributed by atoms with Gasteiger partial charge in [0.15, 0.2) is 0 Å². The summed E-state index contributed by atoms with van der Waals surface area (Å²) in [7, 11) is 0. The first-order chi connectivity index (χ1) is 7.65. The van der Waals surface area contributed by atoms with E-state index in [0.29, 0.717) is 6.04 Å². The Morgan fingerprint density at radius 2 is 2.06 bits per heavy atom. The fourth-order valence-corrected chi connectivity index (χ4v) is 2.32. The molecule has 0 spiro atoms. The fourth-order valence-electron chi connectivity index (χ4n) is 1.32. The molecule has 0 bridgehead atoms. The van der Waals surface area contributed by atoms with E-state index in [1.165, 1.54) is 0 Å². The molecule has 1 aromatic rings. The summed E-state index contributed by atoms with van der Waals surface area (Å²) in [4.78, 5) is 12.8. The van der Waals surface area contributed by atoms with E-state index in [9.17, 15) is 4.79 Å². The van der Waals surface area contributed by atoms with Crippen molar-refractivity contribution in [3.8, 4) is 0 Å². The van der Waals surface area contributed by atoms with Crippen LogP contribution >= 0.6 is 23.4 Å². The molecular formula is C12H14ClNOS. The molecule has 2 rings (SSSR count). The highest BCUT2D eigenvalue weighted by Crippen LogP contribution is 2.26. The monoisotopic (exact) mass is 255 g/mol. The molecule has 16 heavy (non-hydrogen) atoms. The zero-order valence-corrected chi connectivity index (χ0v) is 10.6. The average Bonchev–Trinajstić information content (AvgIpc) is 3.05. The van der Waals surface area contributed by atoms with Crippen LogP contribution in [0.2, 0.25) is 5.02 Å². The lowest BCUT2D eigenvalue weighted by Gasteiger charge is -2.11. The second kappa shape index (κ2) is 5.11. The molecule has 1 amide bonds. The van der Waals surface area contributed by atoms with Crippen molar-refractivity contribution in [2.45, 2.75) is 36.0 Å². The molecule has 1 saturated carbocycles. The third kappa shape index (κ3) is 3.42. The van der Waals surface area contributed by atoms with Crippen LogP contribution in [-0.2, 0) is 4.79 Å². The summed E-state index contributed by atoms with van der Waals surface area (Å²) in [6, 6.07) is 7.99. The van der Waals surface area contributed by atoms with E-state index in [1.54, 1.807) is 11.8 Å². The van der Waals surface area contributed by atoms with Gasteiger partial charge in [-0.2, -0.15) is 0 Å². The number of rotatable bonds is 4. The predicted octanol–water partition coefficient (Wildman–Crippen LogP) is 3.10. The van der Waals surface area contributed by atoms with Crippen LogP contribution in [0.15, 0.2) is 29.2 Å².